The first-order valence-corrected chi connectivity index (χ1v) is 9.13. The Balaban J connectivity index is 1.37. The van der Waals surface area contributed by atoms with Crippen molar-refractivity contribution in [1.29, 1.82) is 0 Å². The van der Waals surface area contributed by atoms with E-state index in [0.29, 0.717) is 25.4 Å². The summed E-state index contributed by atoms with van der Waals surface area (Å²) in [5, 5.41) is 5.71. The Morgan fingerprint density at radius 1 is 1.15 bits per heavy atom. The van der Waals surface area contributed by atoms with Crippen molar-refractivity contribution < 1.29 is 14.3 Å². The molecule has 0 saturated carbocycles. The van der Waals surface area contributed by atoms with Crippen LogP contribution < -0.4 is 20.1 Å². The number of anilines is 1. The number of aryl methyl sites for hydroxylation is 1. The zero-order chi connectivity index (χ0) is 18.6. The van der Waals surface area contributed by atoms with Crippen LogP contribution in [0.25, 0.3) is 11.0 Å². The number of nitrogens with one attached hydrogen (secondary N) is 3. The van der Waals surface area contributed by atoms with Crippen LogP contribution in [0.1, 0.15) is 24.7 Å². The number of carbonyl (C=O) groups excluding carboxylic acids is 1. The van der Waals surface area contributed by atoms with Gasteiger partial charge in [-0.25, -0.2) is 9.78 Å². The fourth-order valence-electron chi connectivity index (χ4n) is 2.98. The number of aromatic nitrogens is 2. The smallest absolute Gasteiger partial charge is 0.319 e. The Bertz CT molecular complexity index is 967. The van der Waals surface area contributed by atoms with E-state index in [9.17, 15) is 4.79 Å². The number of carbonyl (C=O) groups is 1. The van der Waals surface area contributed by atoms with Crippen molar-refractivity contribution in [2.24, 2.45) is 0 Å². The summed E-state index contributed by atoms with van der Waals surface area (Å²) in [5.74, 6) is 2.41. The van der Waals surface area contributed by atoms with Crippen LogP contribution in [0.5, 0.6) is 11.5 Å². The molecular formula is C20H22N4O3. The van der Waals surface area contributed by atoms with E-state index in [-0.39, 0.29) is 6.03 Å². The van der Waals surface area contributed by atoms with Crippen molar-refractivity contribution in [3.63, 3.8) is 0 Å². The molecule has 1 aliphatic rings. The number of hydrogen-bond donors (Lipinski definition) is 3. The maximum atomic E-state index is 12.2. The van der Waals surface area contributed by atoms with Crippen molar-refractivity contribution in [3.8, 4) is 11.5 Å². The Labute approximate surface area is 157 Å². The molecule has 1 aromatic heterocycles. The molecule has 4 rings (SSSR count). The van der Waals surface area contributed by atoms with E-state index in [1.807, 2.05) is 43.3 Å². The van der Waals surface area contributed by atoms with Gasteiger partial charge in [0.1, 0.15) is 5.82 Å². The van der Waals surface area contributed by atoms with Crippen LogP contribution in [0.3, 0.4) is 0 Å². The second kappa shape index (κ2) is 7.57. The molecule has 7 heteroatoms. The van der Waals surface area contributed by atoms with Crippen LogP contribution in [0, 0.1) is 0 Å². The Morgan fingerprint density at radius 3 is 2.85 bits per heavy atom. The third-order valence-corrected chi connectivity index (χ3v) is 4.39. The van der Waals surface area contributed by atoms with Gasteiger partial charge in [-0.15, -0.1) is 0 Å². The number of amides is 2. The molecule has 0 spiro atoms. The molecule has 0 saturated heterocycles. The van der Waals surface area contributed by atoms with E-state index in [1.165, 1.54) is 0 Å². The zero-order valence-corrected chi connectivity index (χ0v) is 15.2. The predicted molar refractivity (Wildman–Crippen MR) is 103 cm³/mol. The molecule has 3 N–H and O–H groups in total. The number of hydrogen-bond acceptors (Lipinski definition) is 4. The van der Waals surface area contributed by atoms with Gasteiger partial charge in [-0.3, -0.25) is 0 Å². The monoisotopic (exact) mass is 366 g/mol. The van der Waals surface area contributed by atoms with E-state index in [1.54, 1.807) is 0 Å². The number of nitrogens with zero attached hydrogens (tertiary/aromatic N) is 1. The molecule has 0 atom stereocenters. The first-order valence-electron chi connectivity index (χ1n) is 9.13. The zero-order valence-electron chi connectivity index (χ0n) is 15.2. The topological polar surface area (TPSA) is 88.3 Å². The minimum atomic E-state index is -0.267. The molecule has 0 unspecified atom stereocenters. The SMILES string of the molecule is CCc1nc2ccc(NC(=O)NCc3ccc4c(c3)OCCCO4)cc2[nH]1. The van der Waals surface area contributed by atoms with Crippen molar-refractivity contribution in [2.75, 3.05) is 18.5 Å². The average Bonchev–Trinajstić information content (AvgIpc) is 2.95. The lowest BCUT2D eigenvalue weighted by atomic mass is 10.2. The molecule has 3 aromatic rings. The van der Waals surface area contributed by atoms with Gasteiger partial charge < -0.3 is 25.1 Å². The van der Waals surface area contributed by atoms with Crippen LogP contribution in [-0.2, 0) is 13.0 Å². The van der Waals surface area contributed by atoms with Crippen LogP contribution in [0.4, 0.5) is 10.5 Å². The van der Waals surface area contributed by atoms with E-state index in [2.05, 4.69) is 20.6 Å². The highest BCUT2D eigenvalue weighted by Gasteiger charge is 2.11. The molecule has 27 heavy (non-hydrogen) atoms. The van der Waals surface area contributed by atoms with Gasteiger partial charge in [0.15, 0.2) is 11.5 Å². The first kappa shape index (κ1) is 17.2. The average molecular weight is 366 g/mol. The number of H-pyrrole nitrogens is 1. The van der Waals surface area contributed by atoms with Crippen LogP contribution >= 0.6 is 0 Å². The number of urea groups is 1. The maximum Gasteiger partial charge on any atom is 0.319 e. The summed E-state index contributed by atoms with van der Waals surface area (Å²) in [6.07, 6.45) is 1.71. The standard InChI is InChI=1S/C20H22N4O3/c1-2-19-23-15-6-5-14(11-16(15)24-19)22-20(25)21-12-13-4-7-17-18(10-13)27-9-3-8-26-17/h4-7,10-11H,2-3,8-9,12H2,1H3,(H,23,24)(H2,21,22,25). The summed E-state index contributed by atoms with van der Waals surface area (Å²) in [6.45, 7) is 3.74. The quantitative estimate of drug-likeness (QED) is 0.658. The lowest BCUT2D eigenvalue weighted by Gasteiger charge is -2.11. The van der Waals surface area contributed by atoms with Crippen LogP contribution in [0.2, 0.25) is 0 Å². The molecular weight excluding hydrogens is 344 g/mol. The van der Waals surface area contributed by atoms with E-state index < -0.39 is 0 Å². The minimum Gasteiger partial charge on any atom is -0.490 e. The summed E-state index contributed by atoms with van der Waals surface area (Å²) in [6, 6.07) is 11.1. The largest absolute Gasteiger partial charge is 0.490 e. The number of ether oxygens (including phenoxy) is 2. The molecule has 0 fully saturated rings. The fraction of sp³-hybridized carbons (Fsp3) is 0.300. The number of aromatic amines is 1. The molecule has 0 radical (unpaired) electrons. The number of benzene rings is 2. The van der Waals surface area contributed by atoms with Gasteiger partial charge in [0, 0.05) is 25.1 Å². The van der Waals surface area contributed by atoms with Gasteiger partial charge in [-0.1, -0.05) is 13.0 Å². The first-order chi connectivity index (χ1) is 13.2. The van der Waals surface area contributed by atoms with Gasteiger partial charge in [0.05, 0.1) is 24.2 Å². The van der Waals surface area contributed by atoms with Crippen LogP contribution in [0.15, 0.2) is 36.4 Å². The predicted octanol–water partition coefficient (Wildman–Crippen LogP) is 3.61. The van der Waals surface area contributed by atoms with Gasteiger partial charge in [0.2, 0.25) is 0 Å². The highest BCUT2D eigenvalue weighted by Crippen LogP contribution is 2.30. The van der Waals surface area contributed by atoms with Crippen molar-refractivity contribution in [2.45, 2.75) is 26.3 Å². The molecule has 7 nitrogen and oxygen atoms in total. The van der Waals surface area contributed by atoms with E-state index in [4.69, 9.17) is 9.47 Å². The summed E-state index contributed by atoms with van der Waals surface area (Å²) >= 11 is 0. The van der Waals surface area contributed by atoms with Gasteiger partial charge in [-0.05, 0) is 35.9 Å². The highest BCUT2D eigenvalue weighted by molar-refractivity contribution is 5.91. The second-order valence-corrected chi connectivity index (χ2v) is 6.41. The molecule has 2 heterocycles. The maximum absolute atomic E-state index is 12.2. The molecule has 0 aliphatic carbocycles. The third-order valence-electron chi connectivity index (χ3n) is 4.39. The van der Waals surface area contributed by atoms with E-state index in [0.717, 1.165) is 46.8 Å². The van der Waals surface area contributed by atoms with Gasteiger partial charge in [-0.2, -0.15) is 0 Å². The summed E-state index contributed by atoms with van der Waals surface area (Å²) in [5.41, 5.74) is 3.47. The molecule has 1 aliphatic heterocycles. The van der Waals surface area contributed by atoms with Crippen molar-refractivity contribution in [3.05, 3.63) is 47.8 Å². The highest BCUT2D eigenvalue weighted by atomic mass is 16.5. The molecule has 0 bridgehead atoms. The summed E-state index contributed by atoms with van der Waals surface area (Å²) in [7, 11) is 0. The van der Waals surface area contributed by atoms with Crippen LogP contribution in [-0.4, -0.2) is 29.2 Å². The van der Waals surface area contributed by atoms with Crippen molar-refractivity contribution >= 4 is 22.8 Å². The number of fused-ring (bicyclic) bond motifs is 2. The third kappa shape index (κ3) is 3.97. The lowest BCUT2D eigenvalue weighted by Crippen LogP contribution is -2.28. The Morgan fingerprint density at radius 2 is 2.00 bits per heavy atom. The van der Waals surface area contributed by atoms with Crippen molar-refractivity contribution in [1.82, 2.24) is 15.3 Å². The molecule has 2 amide bonds. The fourth-order valence-corrected chi connectivity index (χ4v) is 2.98. The van der Waals surface area contributed by atoms with Gasteiger partial charge >= 0.3 is 6.03 Å². The Hall–Kier alpha value is -3.22. The Kier molecular flexibility index (Phi) is 4.82. The summed E-state index contributed by atoms with van der Waals surface area (Å²) in [4.78, 5) is 19.9. The molecule has 2 aromatic carbocycles. The second-order valence-electron chi connectivity index (χ2n) is 6.41. The minimum absolute atomic E-state index is 0.267. The van der Waals surface area contributed by atoms with Gasteiger partial charge in [0.25, 0.3) is 0 Å². The normalized spacial score (nSPS) is 13.2. The van der Waals surface area contributed by atoms with E-state index >= 15 is 0 Å². The number of imidazole rings is 1. The summed E-state index contributed by atoms with van der Waals surface area (Å²) < 4.78 is 11.3. The lowest BCUT2D eigenvalue weighted by molar-refractivity contribution is 0.251. The molecule has 140 valence electrons. The number of rotatable bonds is 4.